The summed E-state index contributed by atoms with van der Waals surface area (Å²) in [4.78, 5) is 16.6. The number of rotatable bonds is 5. The molecule has 0 radical (unpaired) electrons. The number of hydrogen-bond donors (Lipinski definition) is 1. The topological polar surface area (TPSA) is 60.5 Å². The molecule has 9 heteroatoms. The van der Waals surface area contributed by atoms with Crippen molar-refractivity contribution in [2.75, 3.05) is 6.79 Å². The largest absolute Gasteiger partial charge is 0.454 e. The van der Waals surface area contributed by atoms with Gasteiger partial charge in [-0.1, -0.05) is 13.8 Å². The number of fused-ring (bicyclic) bond motifs is 1. The minimum absolute atomic E-state index is 0.119. The van der Waals surface area contributed by atoms with Gasteiger partial charge < -0.3 is 14.8 Å². The van der Waals surface area contributed by atoms with Gasteiger partial charge >= 0.3 is 6.18 Å². The summed E-state index contributed by atoms with van der Waals surface area (Å²) in [6.07, 6.45) is -3.73. The Hall–Kier alpha value is -2.29. The molecule has 1 N–H and O–H groups in total. The van der Waals surface area contributed by atoms with Gasteiger partial charge in [-0.25, -0.2) is 4.98 Å². The zero-order valence-corrected chi connectivity index (χ0v) is 15.0. The molecule has 140 valence electrons. The maximum absolute atomic E-state index is 13.4. The summed E-state index contributed by atoms with van der Waals surface area (Å²) in [6.45, 7) is 2.95. The van der Waals surface area contributed by atoms with Crippen LogP contribution in [0.5, 0.6) is 11.5 Å². The molecule has 2 heterocycles. The predicted octanol–water partition coefficient (Wildman–Crippen LogP) is 4.39. The first-order chi connectivity index (χ1) is 12.3. The number of halogens is 3. The second-order valence-corrected chi connectivity index (χ2v) is 6.87. The maximum Gasteiger partial charge on any atom is 0.411 e. The van der Waals surface area contributed by atoms with Crippen LogP contribution in [0.25, 0.3) is 10.6 Å². The first kappa shape index (κ1) is 18.5. The molecule has 1 aliphatic rings. The van der Waals surface area contributed by atoms with Gasteiger partial charge in [0.15, 0.2) is 11.5 Å². The Bertz CT molecular complexity index is 816. The van der Waals surface area contributed by atoms with Gasteiger partial charge in [0.25, 0.3) is 5.91 Å². The third kappa shape index (κ3) is 3.23. The van der Waals surface area contributed by atoms with Gasteiger partial charge in [-0.3, -0.25) is 4.79 Å². The zero-order valence-electron chi connectivity index (χ0n) is 14.1. The first-order valence-corrected chi connectivity index (χ1v) is 8.86. The lowest BCUT2D eigenvalue weighted by Gasteiger charge is -2.34. The van der Waals surface area contributed by atoms with Gasteiger partial charge in [0.1, 0.15) is 15.4 Å². The fourth-order valence-electron chi connectivity index (χ4n) is 2.72. The first-order valence-electron chi connectivity index (χ1n) is 8.04. The van der Waals surface area contributed by atoms with Crippen LogP contribution in [0.2, 0.25) is 0 Å². The number of hydrogen-bond acceptors (Lipinski definition) is 5. The van der Waals surface area contributed by atoms with Crippen LogP contribution < -0.4 is 14.8 Å². The summed E-state index contributed by atoms with van der Waals surface area (Å²) < 4.78 is 50.7. The minimum atomic E-state index is -4.53. The second kappa shape index (κ2) is 6.79. The van der Waals surface area contributed by atoms with Gasteiger partial charge in [0.05, 0.1) is 6.20 Å². The molecule has 26 heavy (non-hydrogen) atoms. The highest BCUT2D eigenvalue weighted by atomic mass is 32.1. The van der Waals surface area contributed by atoms with Crippen molar-refractivity contribution in [3.63, 3.8) is 0 Å². The summed E-state index contributed by atoms with van der Waals surface area (Å²) in [5, 5.41) is 2.67. The fraction of sp³-hybridized carbons (Fsp3) is 0.412. The van der Waals surface area contributed by atoms with Gasteiger partial charge in [0, 0.05) is 5.56 Å². The lowest BCUT2D eigenvalue weighted by molar-refractivity contribution is -0.195. The Balaban J connectivity index is 1.82. The van der Waals surface area contributed by atoms with Crippen LogP contribution in [0.15, 0.2) is 24.4 Å². The Morgan fingerprint density at radius 2 is 1.92 bits per heavy atom. The number of nitrogens with one attached hydrogen (secondary N) is 1. The lowest BCUT2D eigenvalue weighted by Crippen LogP contribution is -2.57. The van der Waals surface area contributed by atoms with Crippen LogP contribution >= 0.6 is 11.3 Å². The van der Waals surface area contributed by atoms with Crippen LogP contribution in [0, 0.1) is 0 Å². The molecule has 2 aromatic rings. The van der Waals surface area contributed by atoms with Gasteiger partial charge in [-0.15, -0.1) is 11.3 Å². The Morgan fingerprint density at radius 3 is 2.58 bits per heavy atom. The summed E-state index contributed by atoms with van der Waals surface area (Å²) in [5.74, 6) is 0.399. The molecule has 1 aliphatic heterocycles. The smallest absolute Gasteiger partial charge is 0.411 e. The monoisotopic (exact) mass is 386 g/mol. The van der Waals surface area contributed by atoms with E-state index in [0.717, 1.165) is 11.3 Å². The number of ether oxygens (including phenoxy) is 2. The van der Waals surface area contributed by atoms with Crippen molar-refractivity contribution in [1.82, 2.24) is 10.3 Å². The van der Waals surface area contributed by atoms with Gasteiger partial charge in [-0.2, -0.15) is 13.2 Å². The van der Waals surface area contributed by atoms with E-state index in [1.165, 1.54) is 20.0 Å². The summed E-state index contributed by atoms with van der Waals surface area (Å²) in [7, 11) is 0. The summed E-state index contributed by atoms with van der Waals surface area (Å²) >= 11 is 1.02. The van der Waals surface area contributed by atoms with E-state index in [4.69, 9.17) is 9.47 Å². The SMILES string of the molecule is CCC(CC)(NC(=O)c1cnc(-c2ccc3c(c2)OCO3)s1)C(F)(F)F. The molecule has 0 saturated heterocycles. The molecule has 0 atom stereocenters. The standard InChI is InChI=1S/C17H17F3N2O3S/c1-3-16(4-2,17(18,19)20)22-14(23)13-8-21-15(26-13)10-5-6-11-12(7-10)25-9-24-11/h5-8H,3-4,9H2,1-2H3,(H,22,23). The number of thiazole rings is 1. The molecule has 1 aromatic heterocycles. The van der Waals surface area contributed by atoms with Gasteiger partial charge in [-0.05, 0) is 31.0 Å². The third-order valence-electron chi connectivity index (χ3n) is 4.45. The van der Waals surface area contributed by atoms with Crippen molar-refractivity contribution in [3.8, 4) is 22.1 Å². The molecule has 0 fully saturated rings. The van der Waals surface area contributed by atoms with Gasteiger partial charge in [0.2, 0.25) is 6.79 Å². The molecule has 0 bridgehead atoms. The highest BCUT2D eigenvalue weighted by Crippen LogP contribution is 2.38. The molecule has 1 aromatic carbocycles. The van der Waals surface area contributed by atoms with E-state index in [1.807, 2.05) is 0 Å². The Kier molecular flexibility index (Phi) is 4.83. The number of aromatic nitrogens is 1. The molecular weight excluding hydrogens is 369 g/mol. The van der Waals surface area contributed by atoms with Crippen molar-refractivity contribution in [2.45, 2.75) is 38.4 Å². The average molecular weight is 386 g/mol. The molecular formula is C17H17F3N2O3S. The predicted molar refractivity (Wildman–Crippen MR) is 90.5 cm³/mol. The Labute approximate surface area is 152 Å². The number of carbonyl (C=O) groups excluding carboxylic acids is 1. The number of benzene rings is 1. The molecule has 0 aliphatic carbocycles. The van der Waals surface area contributed by atoms with E-state index in [2.05, 4.69) is 10.3 Å². The van der Waals surface area contributed by atoms with E-state index < -0.39 is 17.6 Å². The summed E-state index contributed by atoms with van der Waals surface area (Å²) in [5.41, 5.74) is -1.54. The average Bonchev–Trinajstić information content (AvgIpc) is 3.26. The Morgan fingerprint density at radius 1 is 1.23 bits per heavy atom. The highest BCUT2D eigenvalue weighted by Gasteiger charge is 2.53. The van der Waals surface area contributed by atoms with Crippen LogP contribution in [0.4, 0.5) is 13.2 Å². The van der Waals surface area contributed by atoms with Crippen molar-refractivity contribution in [2.24, 2.45) is 0 Å². The van der Waals surface area contributed by atoms with Crippen molar-refractivity contribution >= 4 is 17.2 Å². The minimum Gasteiger partial charge on any atom is -0.454 e. The number of nitrogens with zero attached hydrogens (tertiary/aromatic N) is 1. The van der Waals surface area contributed by atoms with Crippen LogP contribution in [-0.4, -0.2) is 29.4 Å². The second-order valence-electron chi connectivity index (χ2n) is 5.84. The molecule has 3 rings (SSSR count). The van der Waals surface area contributed by atoms with Crippen LogP contribution in [0.1, 0.15) is 36.4 Å². The van der Waals surface area contributed by atoms with E-state index in [1.54, 1.807) is 18.2 Å². The number of amides is 1. The van der Waals surface area contributed by atoms with E-state index >= 15 is 0 Å². The van der Waals surface area contributed by atoms with Crippen molar-refractivity contribution in [3.05, 3.63) is 29.3 Å². The highest BCUT2D eigenvalue weighted by molar-refractivity contribution is 7.16. The zero-order chi connectivity index (χ0) is 18.9. The van der Waals surface area contributed by atoms with Crippen LogP contribution in [-0.2, 0) is 0 Å². The number of alkyl halides is 3. The molecule has 0 saturated carbocycles. The molecule has 0 spiro atoms. The quantitative estimate of drug-likeness (QED) is 0.828. The lowest BCUT2D eigenvalue weighted by atomic mass is 9.92. The third-order valence-corrected chi connectivity index (χ3v) is 5.50. The number of carbonyl (C=O) groups is 1. The van der Waals surface area contributed by atoms with Crippen molar-refractivity contribution in [1.29, 1.82) is 0 Å². The normalized spacial score (nSPS) is 13.7. The van der Waals surface area contributed by atoms with E-state index in [0.29, 0.717) is 22.1 Å². The van der Waals surface area contributed by atoms with Crippen LogP contribution in [0.3, 0.4) is 0 Å². The van der Waals surface area contributed by atoms with Crippen molar-refractivity contribution < 1.29 is 27.4 Å². The summed E-state index contributed by atoms with van der Waals surface area (Å²) in [6, 6.07) is 5.20. The fourth-order valence-corrected chi connectivity index (χ4v) is 3.53. The molecule has 5 nitrogen and oxygen atoms in total. The molecule has 1 amide bonds. The molecule has 0 unspecified atom stereocenters. The van der Waals surface area contributed by atoms with E-state index in [-0.39, 0.29) is 24.5 Å². The maximum atomic E-state index is 13.4. The van der Waals surface area contributed by atoms with E-state index in [9.17, 15) is 18.0 Å².